The van der Waals surface area contributed by atoms with Gasteiger partial charge in [0.2, 0.25) is 5.91 Å². The molecule has 0 spiro atoms. The fourth-order valence-corrected chi connectivity index (χ4v) is 3.10. The van der Waals surface area contributed by atoms with Crippen molar-refractivity contribution in [3.8, 4) is 0 Å². The summed E-state index contributed by atoms with van der Waals surface area (Å²) < 4.78 is 0.521. The van der Waals surface area contributed by atoms with Crippen LogP contribution in [-0.2, 0) is 4.79 Å². The van der Waals surface area contributed by atoms with Crippen LogP contribution in [0.25, 0.3) is 0 Å². The van der Waals surface area contributed by atoms with E-state index in [1.165, 1.54) is 30.1 Å². The summed E-state index contributed by atoms with van der Waals surface area (Å²) in [4.78, 5) is 40.8. The van der Waals surface area contributed by atoms with Gasteiger partial charge in [-0.3, -0.25) is 14.5 Å². The predicted molar refractivity (Wildman–Crippen MR) is 82.8 cm³/mol. The molecule has 0 aliphatic carbocycles. The molecule has 118 valence electrons. The number of allylic oxidation sites excluding steroid dienone is 1. The van der Waals surface area contributed by atoms with Crippen molar-refractivity contribution in [3.05, 3.63) is 46.8 Å². The van der Waals surface area contributed by atoms with Crippen molar-refractivity contribution >= 4 is 35.3 Å². The number of urea groups is 1. The van der Waals surface area contributed by atoms with Gasteiger partial charge in [0, 0.05) is 19.2 Å². The third kappa shape index (κ3) is 3.09. The summed E-state index contributed by atoms with van der Waals surface area (Å²) in [5, 5.41) is 14.9. The molecule has 3 heterocycles. The Bertz CT molecular complexity index is 746. The van der Waals surface area contributed by atoms with Gasteiger partial charge in [0.25, 0.3) is 5.91 Å². The molecule has 2 aliphatic heterocycles. The standard InChI is InChI=1S/C14H12N4O4S/c19-12(9-2-1-5-17(22)8-9)15-4-6-18-13(20)11-10(3-7-23-11)16-14(18)21/h1-3,5,7-8,11H,4,6H2,(H,15,19). The Morgan fingerprint density at radius 2 is 2.30 bits per heavy atom. The van der Waals surface area contributed by atoms with E-state index in [4.69, 9.17) is 0 Å². The molecule has 8 nitrogen and oxygen atoms in total. The van der Waals surface area contributed by atoms with Gasteiger partial charge in [-0.15, -0.1) is 11.8 Å². The zero-order valence-electron chi connectivity index (χ0n) is 11.8. The van der Waals surface area contributed by atoms with Crippen LogP contribution < -0.4 is 10.0 Å². The first kappa shape index (κ1) is 15.2. The highest BCUT2D eigenvalue weighted by Crippen LogP contribution is 2.27. The fraction of sp³-hybridized carbons (Fsp3) is 0.214. The number of hydrogen-bond donors (Lipinski definition) is 1. The van der Waals surface area contributed by atoms with Crippen molar-refractivity contribution in [2.24, 2.45) is 4.99 Å². The summed E-state index contributed by atoms with van der Waals surface area (Å²) >= 11 is 1.30. The minimum Gasteiger partial charge on any atom is -0.619 e. The molecule has 0 saturated heterocycles. The maximum Gasteiger partial charge on any atom is 0.350 e. The Balaban J connectivity index is 1.58. The molecule has 0 saturated carbocycles. The van der Waals surface area contributed by atoms with Crippen molar-refractivity contribution in [1.82, 2.24) is 10.2 Å². The van der Waals surface area contributed by atoms with Gasteiger partial charge in [0.05, 0.1) is 5.71 Å². The molecule has 1 aromatic heterocycles. The molecular weight excluding hydrogens is 320 g/mol. The van der Waals surface area contributed by atoms with Gasteiger partial charge >= 0.3 is 6.03 Å². The second-order valence-electron chi connectivity index (χ2n) is 4.84. The third-order valence-electron chi connectivity index (χ3n) is 3.33. The Labute approximate surface area is 135 Å². The van der Waals surface area contributed by atoms with Gasteiger partial charge in [-0.2, -0.15) is 9.72 Å². The molecule has 4 amide bonds. The van der Waals surface area contributed by atoms with E-state index in [9.17, 15) is 19.6 Å². The van der Waals surface area contributed by atoms with Crippen molar-refractivity contribution < 1.29 is 19.1 Å². The Morgan fingerprint density at radius 3 is 3.09 bits per heavy atom. The number of nitrogens with zero attached hydrogens (tertiary/aromatic N) is 3. The predicted octanol–water partition coefficient (Wildman–Crippen LogP) is 0.0821. The quantitative estimate of drug-likeness (QED) is 0.621. The molecule has 23 heavy (non-hydrogen) atoms. The summed E-state index contributed by atoms with van der Waals surface area (Å²) in [6.07, 6.45) is 4.06. The average molecular weight is 332 g/mol. The Hall–Kier alpha value is -2.68. The topological polar surface area (TPSA) is 106 Å². The van der Waals surface area contributed by atoms with Gasteiger partial charge in [-0.25, -0.2) is 4.79 Å². The number of fused-ring (bicyclic) bond motifs is 1. The lowest BCUT2D eigenvalue weighted by Crippen LogP contribution is -2.49. The number of amides is 4. The monoisotopic (exact) mass is 332 g/mol. The number of carbonyl (C=O) groups excluding carboxylic acids is 3. The summed E-state index contributed by atoms with van der Waals surface area (Å²) in [5.74, 6) is -0.783. The molecule has 1 atom stereocenters. The SMILES string of the molecule is O=C(NCCN1C(=O)N=C2C=CSC2C1=O)c1ccc[n+]([O-])c1. The van der Waals surface area contributed by atoms with Crippen LogP contribution in [0, 0.1) is 5.21 Å². The summed E-state index contributed by atoms with van der Waals surface area (Å²) in [6, 6.07) is 2.33. The number of thioether (sulfide) groups is 1. The van der Waals surface area contributed by atoms with E-state index < -0.39 is 17.2 Å². The molecule has 0 fully saturated rings. The minimum absolute atomic E-state index is 0.0292. The van der Waals surface area contributed by atoms with E-state index in [-0.39, 0.29) is 24.6 Å². The largest absolute Gasteiger partial charge is 0.619 e. The van der Waals surface area contributed by atoms with Crippen molar-refractivity contribution in [2.75, 3.05) is 13.1 Å². The lowest BCUT2D eigenvalue weighted by molar-refractivity contribution is -0.605. The molecule has 9 heteroatoms. The van der Waals surface area contributed by atoms with E-state index in [1.54, 1.807) is 11.5 Å². The first-order valence-electron chi connectivity index (χ1n) is 6.79. The number of nitrogens with one attached hydrogen (secondary N) is 1. The molecule has 1 N–H and O–H groups in total. The molecule has 1 aromatic rings. The highest BCUT2D eigenvalue weighted by molar-refractivity contribution is 8.04. The number of imide groups is 1. The number of rotatable bonds is 4. The smallest absolute Gasteiger partial charge is 0.350 e. The first-order valence-corrected chi connectivity index (χ1v) is 7.73. The minimum atomic E-state index is -0.625. The zero-order chi connectivity index (χ0) is 16.4. The van der Waals surface area contributed by atoms with Crippen molar-refractivity contribution in [3.63, 3.8) is 0 Å². The number of aliphatic imine (C=N–C) groups is 1. The lowest BCUT2D eigenvalue weighted by atomic mass is 10.2. The number of aromatic nitrogens is 1. The molecule has 0 bridgehead atoms. The van der Waals surface area contributed by atoms with Gasteiger partial charge in [0.1, 0.15) is 10.8 Å². The second kappa shape index (κ2) is 6.21. The van der Waals surface area contributed by atoms with Crippen LogP contribution in [0.2, 0.25) is 0 Å². The van der Waals surface area contributed by atoms with Gasteiger partial charge in [-0.1, -0.05) is 0 Å². The highest BCUT2D eigenvalue weighted by atomic mass is 32.2. The first-order chi connectivity index (χ1) is 11.1. The molecule has 0 aromatic carbocycles. The third-order valence-corrected chi connectivity index (χ3v) is 4.33. The molecule has 3 rings (SSSR count). The van der Waals surface area contributed by atoms with Gasteiger partial charge in [0.15, 0.2) is 12.4 Å². The lowest BCUT2D eigenvalue weighted by Gasteiger charge is -2.25. The summed E-state index contributed by atoms with van der Waals surface area (Å²) in [5.41, 5.74) is 0.671. The van der Waals surface area contributed by atoms with Crippen LogP contribution in [-0.4, -0.2) is 46.8 Å². The van der Waals surface area contributed by atoms with E-state index >= 15 is 0 Å². The summed E-state index contributed by atoms with van der Waals surface area (Å²) in [7, 11) is 0. The fourth-order valence-electron chi connectivity index (χ4n) is 2.21. The Kier molecular flexibility index (Phi) is 4.11. The number of pyridine rings is 1. The van der Waals surface area contributed by atoms with E-state index in [1.807, 2.05) is 0 Å². The van der Waals surface area contributed by atoms with Crippen LogP contribution >= 0.6 is 11.8 Å². The van der Waals surface area contributed by atoms with E-state index in [0.717, 1.165) is 11.1 Å². The normalized spacial score (nSPS) is 19.6. The van der Waals surface area contributed by atoms with Gasteiger partial charge in [-0.05, 0) is 17.6 Å². The second-order valence-corrected chi connectivity index (χ2v) is 5.85. The van der Waals surface area contributed by atoms with Crippen LogP contribution in [0.3, 0.4) is 0 Å². The maximum absolute atomic E-state index is 12.2. The van der Waals surface area contributed by atoms with Crippen molar-refractivity contribution in [1.29, 1.82) is 0 Å². The number of hydrogen-bond acceptors (Lipinski definition) is 5. The average Bonchev–Trinajstić information content (AvgIpc) is 2.98. The molecule has 1 unspecified atom stereocenters. The van der Waals surface area contributed by atoms with Crippen molar-refractivity contribution in [2.45, 2.75) is 5.25 Å². The zero-order valence-corrected chi connectivity index (χ0v) is 12.7. The molecule has 2 aliphatic rings. The van der Waals surface area contributed by atoms with E-state index in [0.29, 0.717) is 10.4 Å². The van der Waals surface area contributed by atoms with Gasteiger partial charge < -0.3 is 10.5 Å². The highest BCUT2D eigenvalue weighted by Gasteiger charge is 2.38. The van der Waals surface area contributed by atoms with E-state index in [2.05, 4.69) is 10.3 Å². The molecular formula is C14H12N4O4S. The van der Waals surface area contributed by atoms with Crippen LogP contribution in [0.4, 0.5) is 4.79 Å². The summed E-state index contributed by atoms with van der Waals surface area (Å²) in [6.45, 7) is 0.112. The van der Waals surface area contributed by atoms with Crippen LogP contribution in [0.15, 0.2) is 41.0 Å². The number of carbonyl (C=O) groups is 3. The Morgan fingerprint density at radius 1 is 1.48 bits per heavy atom. The van der Waals surface area contributed by atoms with Crippen LogP contribution in [0.1, 0.15) is 10.4 Å². The molecule has 0 radical (unpaired) electrons. The van der Waals surface area contributed by atoms with Crippen LogP contribution in [0.5, 0.6) is 0 Å². The maximum atomic E-state index is 12.2.